The predicted octanol–water partition coefficient (Wildman–Crippen LogP) is 2.72. The number of alkyl halides is 3. The van der Waals surface area contributed by atoms with E-state index < -0.39 is 17.4 Å². The molecule has 2 heterocycles. The average molecular weight is 271 g/mol. The number of fused-ring (bicyclic) bond motifs is 1. The van der Waals surface area contributed by atoms with Crippen LogP contribution >= 0.6 is 0 Å². The summed E-state index contributed by atoms with van der Waals surface area (Å²) in [5.74, 6) is -0.207. The van der Waals surface area contributed by atoms with E-state index in [0.717, 1.165) is 0 Å². The van der Waals surface area contributed by atoms with Gasteiger partial charge in [0, 0.05) is 5.56 Å². The molecule has 2 rings (SSSR count). The van der Waals surface area contributed by atoms with Crippen molar-refractivity contribution in [1.29, 1.82) is 0 Å². The van der Waals surface area contributed by atoms with Gasteiger partial charge in [0.1, 0.15) is 11.4 Å². The van der Waals surface area contributed by atoms with Gasteiger partial charge in [-0.15, -0.1) is 0 Å². The molecule has 0 atom stereocenters. The monoisotopic (exact) mass is 271 g/mol. The molecular formula is C12H12F3N3O. The topological polar surface area (TPSA) is 58.6 Å². The van der Waals surface area contributed by atoms with E-state index in [1.807, 2.05) is 13.8 Å². The Kier molecular flexibility index (Phi) is 3.07. The van der Waals surface area contributed by atoms with Crippen LogP contribution in [0.2, 0.25) is 0 Å². The fourth-order valence-corrected chi connectivity index (χ4v) is 1.81. The van der Waals surface area contributed by atoms with Crippen LogP contribution in [0.25, 0.3) is 11.5 Å². The molecule has 0 aromatic rings. The van der Waals surface area contributed by atoms with Crippen molar-refractivity contribution in [1.82, 2.24) is 15.0 Å². The molecule has 0 spiro atoms. The predicted molar refractivity (Wildman–Crippen MR) is 63.1 cm³/mol. The minimum Gasteiger partial charge on any atom is -0.333 e. The number of rotatable bonds is 1. The van der Waals surface area contributed by atoms with Gasteiger partial charge in [0.05, 0.1) is 5.69 Å². The summed E-state index contributed by atoms with van der Waals surface area (Å²) in [6.45, 7) is 4.88. The van der Waals surface area contributed by atoms with E-state index >= 15 is 0 Å². The van der Waals surface area contributed by atoms with Crippen molar-refractivity contribution in [3.8, 4) is 11.5 Å². The lowest BCUT2D eigenvalue weighted by molar-refractivity contribution is -0.141. The Morgan fingerprint density at radius 3 is 2.42 bits per heavy atom. The van der Waals surface area contributed by atoms with Gasteiger partial charge in [0.25, 0.3) is 5.56 Å². The van der Waals surface area contributed by atoms with Crippen LogP contribution in [-0.2, 0) is 6.18 Å². The SMILES string of the molecule is Cc1nc2cc(C(C)C)c(=O)nc-2[nH]c1C(F)(F)F. The Balaban J connectivity index is 2.74. The molecule has 0 saturated heterocycles. The van der Waals surface area contributed by atoms with Crippen molar-refractivity contribution in [2.24, 2.45) is 0 Å². The van der Waals surface area contributed by atoms with E-state index in [9.17, 15) is 18.0 Å². The van der Waals surface area contributed by atoms with Crippen molar-refractivity contribution < 1.29 is 13.2 Å². The number of pyridine rings is 1. The number of aromatic nitrogens is 3. The first-order chi connectivity index (χ1) is 8.70. The summed E-state index contributed by atoms with van der Waals surface area (Å²) < 4.78 is 38.1. The summed E-state index contributed by atoms with van der Waals surface area (Å²) in [5, 5.41) is 0. The maximum Gasteiger partial charge on any atom is 0.433 e. The second-order valence-corrected chi connectivity index (χ2v) is 4.60. The molecule has 2 aliphatic rings. The second kappa shape index (κ2) is 4.32. The highest BCUT2D eigenvalue weighted by Gasteiger charge is 2.35. The number of nitrogens with zero attached hydrogens (tertiary/aromatic N) is 2. The second-order valence-electron chi connectivity index (χ2n) is 4.60. The largest absolute Gasteiger partial charge is 0.433 e. The van der Waals surface area contributed by atoms with E-state index in [4.69, 9.17) is 0 Å². The average Bonchev–Trinajstić information content (AvgIpc) is 2.26. The van der Waals surface area contributed by atoms with E-state index in [1.165, 1.54) is 13.0 Å². The summed E-state index contributed by atoms with van der Waals surface area (Å²) in [4.78, 5) is 21.3. The normalized spacial score (nSPS) is 12.4. The van der Waals surface area contributed by atoms with Gasteiger partial charge >= 0.3 is 6.18 Å². The molecule has 0 radical (unpaired) electrons. The number of aryl methyl sites for hydroxylation is 1. The van der Waals surface area contributed by atoms with Gasteiger partial charge in [-0.2, -0.15) is 18.2 Å². The molecule has 2 aliphatic heterocycles. The molecule has 19 heavy (non-hydrogen) atoms. The lowest BCUT2D eigenvalue weighted by Crippen LogP contribution is -2.20. The third kappa shape index (κ3) is 2.45. The summed E-state index contributed by atoms with van der Waals surface area (Å²) >= 11 is 0. The van der Waals surface area contributed by atoms with E-state index in [1.54, 1.807) is 0 Å². The van der Waals surface area contributed by atoms with Crippen LogP contribution in [0.15, 0.2) is 10.9 Å². The summed E-state index contributed by atoms with van der Waals surface area (Å²) in [5.41, 5.74) is -0.988. The molecule has 0 unspecified atom stereocenters. The number of halogens is 3. The summed E-state index contributed by atoms with van der Waals surface area (Å²) in [7, 11) is 0. The minimum atomic E-state index is -4.55. The molecule has 0 aliphatic carbocycles. The van der Waals surface area contributed by atoms with Crippen molar-refractivity contribution >= 4 is 0 Å². The Hall–Kier alpha value is -1.92. The quantitative estimate of drug-likeness (QED) is 0.867. The Morgan fingerprint density at radius 1 is 1.26 bits per heavy atom. The summed E-state index contributed by atoms with van der Waals surface area (Å²) in [6.07, 6.45) is -4.55. The zero-order chi connectivity index (χ0) is 14.4. The smallest absolute Gasteiger partial charge is 0.333 e. The highest BCUT2D eigenvalue weighted by molar-refractivity contribution is 5.53. The molecule has 0 saturated carbocycles. The van der Waals surface area contributed by atoms with Gasteiger partial charge < -0.3 is 4.98 Å². The Morgan fingerprint density at radius 2 is 1.89 bits per heavy atom. The molecule has 0 aromatic heterocycles. The molecule has 1 N–H and O–H groups in total. The van der Waals surface area contributed by atoms with Crippen LogP contribution in [0.4, 0.5) is 13.2 Å². The molecule has 4 nitrogen and oxygen atoms in total. The van der Waals surface area contributed by atoms with Gasteiger partial charge in [-0.05, 0) is 18.9 Å². The van der Waals surface area contributed by atoms with Crippen LogP contribution in [0.5, 0.6) is 0 Å². The maximum absolute atomic E-state index is 12.7. The first-order valence-electron chi connectivity index (χ1n) is 5.69. The Bertz CT molecular complexity index is 646. The molecule has 7 heteroatoms. The van der Waals surface area contributed by atoms with Crippen LogP contribution in [-0.4, -0.2) is 15.0 Å². The zero-order valence-corrected chi connectivity index (χ0v) is 10.6. The lowest BCUT2D eigenvalue weighted by Gasteiger charge is -2.14. The van der Waals surface area contributed by atoms with Gasteiger partial charge in [0.15, 0.2) is 5.82 Å². The molecular weight excluding hydrogens is 259 g/mol. The number of nitrogens with one attached hydrogen (secondary N) is 1. The third-order valence-corrected chi connectivity index (χ3v) is 2.79. The summed E-state index contributed by atoms with van der Waals surface area (Å²) in [6, 6.07) is 1.49. The molecule has 0 aromatic carbocycles. The number of H-pyrrole nitrogens is 1. The van der Waals surface area contributed by atoms with E-state index in [-0.39, 0.29) is 23.1 Å². The van der Waals surface area contributed by atoms with Gasteiger partial charge in [0.2, 0.25) is 0 Å². The van der Waals surface area contributed by atoms with Gasteiger partial charge in [-0.3, -0.25) is 4.79 Å². The van der Waals surface area contributed by atoms with Crippen molar-refractivity contribution in [2.45, 2.75) is 32.9 Å². The molecule has 0 bridgehead atoms. The first-order valence-corrected chi connectivity index (χ1v) is 5.69. The highest BCUT2D eigenvalue weighted by Crippen LogP contribution is 2.31. The Labute approximate surface area is 107 Å². The molecule has 0 amide bonds. The van der Waals surface area contributed by atoms with Crippen LogP contribution < -0.4 is 5.56 Å². The fourth-order valence-electron chi connectivity index (χ4n) is 1.81. The zero-order valence-electron chi connectivity index (χ0n) is 10.6. The van der Waals surface area contributed by atoms with Crippen LogP contribution in [0.3, 0.4) is 0 Å². The van der Waals surface area contributed by atoms with E-state index in [0.29, 0.717) is 5.56 Å². The van der Waals surface area contributed by atoms with Crippen molar-refractivity contribution in [3.05, 3.63) is 33.4 Å². The maximum atomic E-state index is 12.7. The number of hydrogen-bond acceptors (Lipinski definition) is 3. The van der Waals surface area contributed by atoms with E-state index in [2.05, 4.69) is 15.0 Å². The number of aromatic amines is 1. The van der Waals surface area contributed by atoms with Crippen LogP contribution in [0.1, 0.15) is 36.7 Å². The molecule has 0 fully saturated rings. The van der Waals surface area contributed by atoms with Crippen molar-refractivity contribution in [3.63, 3.8) is 0 Å². The highest BCUT2D eigenvalue weighted by atomic mass is 19.4. The van der Waals surface area contributed by atoms with Gasteiger partial charge in [-0.25, -0.2) is 4.98 Å². The fraction of sp³-hybridized carbons (Fsp3) is 0.417. The van der Waals surface area contributed by atoms with Crippen LogP contribution in [0, 0.1) is 6.92 Å². The van der Waals surface area contributed by atoms with Crippen molar-refractivity contribution in [2.75, 3.05) is 0 Å². The first kappa shape index (κ1) is 13.5. The lowest BCUT2D eigenvalue weighted by atomic mass is 10.0. The minimum absolute atomic E-state index is 0.0613. The van der Waals surface area contributed by atoms with Gasteiger partial charge in [-0.1, -0.05) is 13.8 Å². The standard InChI is InChI=1S/C12H12F3N3O/c1-5(2)7-4-8-10(18-11(7)19)17-9(6(3)16-8)12(13,14)15/h4-5H,1-3H3,(H,17,18,19). The molecule has 102 valence electrons. The number of hydrogen-bond donors (Lipinski definition) is 1. The third-order valence-electron chi connectivity index (χ3n) is 2.79.